The summed E-state index contributed by atoms with van der Waals surface area (Å²) in [5.74, 6) is 0. The lowest BCUT2D eigenvalue weighted by atomic mass is 10.0. The Bertz CT molecular complexity index is 604. The third kappa shape index (κ3) is 2.15. The number of anilines is 1. The maximum atomic E-state index is 12.4. The van der Waals surface area contributed by atoms with Gasteiger partial charge in [-0.05, 0) is 35.4 Å². The van der Waals surface area contributed by atoms with Crippen LogP contribution in [-0.2, 0) is 10.0 Å². The molecular formula is C14H22N2O2S. The Kier molecular flexibility index (Phi) is 2.99. The van der Waals surface area contributed by atoms with E-state index < -0.39 is 10.0 Å². The third-order valence-corrected chi connectivity index (χ3v) is 6.28. The van der Waals surface area contributed by atoms with Crippen LogP contribution in [0.3, 0.4) is 0 Å². The first kappa shape index (κ1) is 14.3. The zero-order valence-electron chi connectivity index (χ0n) is 12.1. The zero-order valence-corrected chi connectivity index (χ0v) is 12.9. The highest BCUT2D eigenvalue weighted by Gasteiger charge is 2.66. The number of aryl methyl sites for hydroxylation is 1. The molecule has 0 amide bonds. The second-order valence-corrected chi connectivity index (χ2v) is 8.23. The van der Waals surface area contributed by atoms with E-state index in [0.717, 1.165) is 5.56 Å². The third-order valence-electron chi connectivity index (χ3n) is 4.85. The number of hydrogen-bond donors (Lipinski definition) is 2. The number of nitrogens with one attached hydrogen (secondary N) is 1. The number of nitrogens with two attached hydrogens (primary N) is 1. The van der Waals surface area contributed by atoms with E-state index in [0.29, 0.717) is 5.69 Å². The fourth-order valence-corrected chi connectivity index (χ4v) is 4.06. The van der Waals surface area contributed by atoms with Gasteiger partial charge < -0.3 is 5.73 Å². The lowest BCUT2D eigenvalue weighted by molar-refractivity contribution is 0.457. The maximum Gasteiger partial charge on any atom is 0.240 e. The van der Waals surface area contributed by atoms with Crippen molar-refractivity contribution in [2.75, 3.05) is 5.73 Å². The highest BCUT2D eigenvalue weighted by Crippen LogP contribution is 2.62. The van der Waals surface area contributed by atoms with Gasteiger partial charge in [-0.25, -0.2) is 13.1 Å². The quantitative estimate of drug-likeness (QED) is 0.835. The summed E-state index contributed by atoms with van der Waals surface area (Å²) in [6.07, 6.45) is 0. The van der Waals surface area contributed by atoms with E-state index in [1.54, 1.807) is 12.1 Å². The number of nitrogen functional groups attached to an aromatic ring is 1. The molecule has 0 atom stereocenters. The number of benzene rings is 1. The van der Waals surface area contributed by atoms with E-state index in [9.17, 15) is 8.42 Å². The molecule has 0 spiro atoms. The molecule has 0 aromatic heterocycles. The second-order valence-electron chi connectivity index (χ2n) is 6.52. The Morgan fingerprint density at radius 1 is 1.16 bits per heavy atom. The van der Waals surface area contributed by atoms with Gasteiger partial charge >= 0.3 is 0 Å². The van der Waals surface area contributed by atoms with Crippen molar-refractivity contribution in [1.29, 1.82) is 0 Å². The molecule has 0 aliphatic heterocycles. The average molecular weight is 282 g/mol. The van der Waals surface area contributed by atoms with Crippen LogP contribution < -0.4 is 10.5 Å². The van der Waals surface area contributed by atoms with Crippen LogP contribution in [0.5, 0.6) is 0 Å². The summed E-state index contributed by atoms with van der Waals surface area (Å²) < 4.78 is 27.5. The van der Waals surface area contributed by atoms with E-state index in [4.69, 9.17) is 5.73 Å². The van der Waals surface area contributed by atoms with Crippen LogP contribution in [-0.4, -0.2) is 14.5 Å². The molecule has 1 saturated carbocycles. The van der Waals surface area contributed by atoms with Crippen LogP contribution in [0.2, 0.25) is 0 Å². The van der Waals surface area contributed by atoms with Crippen molar-refractivity contribution < 1.29 is 8.42 Å². The van der Waals surface area contributed by atoms with Gasteiger partial charge in [0, 0.05) is 11.7 Å². The van der Waals surface area contributed by atoms with Gasteiger partial charge in [0.2, 0.25) is 10.0 Å². The standard InChI is InChI=1S/C14H22N2O2S/c1-9-6-7-10(8-11(9)15)19(17,18)16-12-13(2,3)14(12,4)5/h6-8,12,16H,15H2,1-5H3. The molecule has 1 aliphatic rings. The van der Waals surface area contributed by atoms with Crippen molar-refractivity contribution in [3.63, 3.8) is 0 Å². The molecule has 1 aliphatic carbocycles. The van der Waals surface area contributed by atoms with Crippen molar-refractivity contribution in [3.8, 4) is 0 Å². The van der Waals surface area contributed by atoms with Crippen molar-refractivity contribution in [2.24, 2.45) is 10.8 Å². The molecule has 4 nitrogen and oxygen atoms in total. The highest BCUT2D eigenvalue weighted by molar-refractivity contribution is 7.89. The minimum Gasteiger partial charge on any atom is -0.398 e. The molecule has 0 heterocycles. The molecule has 3 N–H and O–H groups in total. The fourth-order valence-electron chi connectivity index (χ4n) is 2.50. The van der Waals surface area contributed by atoms with Gasteiger partial charge in [-0.3, -0.25) is 0 Å². The molecule has 1 aromatic carbocycles. The summed E-state index contributed by atoms with van der Waals surface area (Å²) in [6, 6.07) is 4.79. The normalized spacial score (nSPS) is 21.3. The van der Waals surface area contributed by atoms with Gasteiger partial charge in [0.25, 0.3) is 0 Å². The Balaban J connectivity index is 2.28. The van der Waals surface area contributed by atoms with Gasteiger partial charge in [-0.2, -0.15) is 0 Å². The van der Waals surface area contributed by atoms with Gasteiger partial charge in [0.05, 0.1) is 4.90 Å². The van der Waals surface area contributed by atoms with Crippen molar-refractivity contribution in [3.05, 3.63) is 23.8 Å². The maximum absolute atomic E-state index is 12.4. The molecule has 2 rings (SSSR count). The second kappa shape index (κ2) is 3.96. The molecular weight excluding hydrogens is 260 g/mol. The monoisotopic (exact) mass is 282 g/mol. The first-order chi connectivity index (χ1) is 8.50. The topological polar surface area (TPSA) is 72.2 Å². The van der Waals surface area contributed by atoms with Crippen molar-refractivity contribution in [1.82, 2.24) is 4.72 Å². The zero-order chi connectivity index (χ0) is 14.6. The lowest BCUT2D eigenvalue weighted by Crippen LogP contribution is -2.30. The molecule has 0 radical (unpaired) electrons. The first-order valence-electron chi connectivity index (χ1n) is 6.38. The van der Waals surface area contributed by atoms with Gasteiger partial charge in [-0.15, -0.1) is 0 Å². The minimum absolute atomic E-state index is 0.0314. The van der Waals surface area contributed by atoms with E-state index in [1.807, 2.05) is 6.92 Å². The Morgan fingerprint density at radius 2 is 1.68 bits per heavy atom. The van der Waals surface area contributed by atoms with Crippen LogP contribution in [0.15, 0.2) is 23.1 Å². The molecule has 1 aromatic rings. The largest absolute Gasteiger partial charge is 0.398 e. The summed E-state index contributed by atoms with van der Waals surface area (Å²) in [4.78, 5) is 0.231. The average Bonchev–Trinajstić information content (AvgIpc) is 2.64. The van der Waals surface area contributed by atoms with Crippen molar-refractivity contribution in [2.45, 2.75) is 45.6 Å². The molecule has 0 bridgehead atoms. The molecule has 0 unspecified atom stereocenters. The molecule has 19 heavy (non-hydrogen) atoms. The summed E-state index contributed by atoms with van der Waals surface area (Å²) in [6.45, 7) is 10.1. The first-order valence-corrected chi connectivity index (χ1v) is 7.87. The Labute approximate surface area is 115 Å². The molecule has 1 fully saturated rings. The molecule has 5 heteroatoms. The van der Waals surface area contributed by atoms with Crippen LogP contribution in [0.25, 0.3) is 0 Å². The summed E-state index contributed by atoms with van der Waals surface area (Å²) in [5, 5.41) is 0. The van der Waals surface area contributed by atoms with Crippen molar-refractivity contribution >= 4 is 15.7 Å². The number of hydrogen-bond acceptors (Lipinski definition) is 3. The van der Waals surface area contributed by atoms with Crippen LogP contribution in [0.1, 0.15) is 33.3 Å². The summed E-state index contributed by atoms with van der Waals surface area (Å²) in [7, 11) is -3.51. The predicted molar refractivity (Wildman–Crippen MR) is 77.3 cm³/mol. The van der Waals surface area contributed by atoms with E-state index >= 15 is 0 Å². The summed E-state index contributed by atoms with van der Waals surface area (Å²) >= 11 is 0. The Hall–Kier alpha value is -1.07. The SMILES string of the molecule is Cc1ccc(S(=O)(=O)NC2C(C)(C)C2(C)C)cc1N. The van der Waals surface area contributed by atoms with Gasteiger partial charge in [-0.1, -0.05) is 33.8 Å². The number of sulfonamides is 1. The van der Waals surface area contributed by atoms with E-state index in [2.05, 4.69) is 32.4 Å². The van der Waals surface area contributed by atoms with Crippen LogP contribution >= 0.6 is 0 Å². The Morgan fingerprint density at radius 3 is 2.11 bits per heavy atom. The summed E-state index contributed by atoms with van der Waals surface area (Å²) in [5.41, 5.74) is 7.09. The molecule has 0 saturated heterocycles. The smallest absolute Gasteiger partial charge is 0.240 e. The molecule has 106 valence electrons. The van der Waals surface area contributed by atoms with Gasteiger partial charge in [0.1, 0.15) is 0 Å². The van der Waals surface area contributed by atoms with E-state index in [-0.39, 0.29) is 21.8 Å². The highest BCUT2D eigenvalue weighted by atomic mass is 32.2. The fraction of sp³-hybridized carbons (Fsp3) is 0.571. The minimum atomic E-state index is -3.51. The number of rotatable bonds is 3. The van der Waals surface area contributed by atoms with Crippen LogP contribution in [0.4, 0.5) is 5.69 Å². The lowest BCUT2D eigenvalue weighted by Gasteiger charge is -2.10. The van der Waals surface area contributed by atoms with Gasteiger partial charge in [0.15, 0.2) is 0 Å². The van der Waals surface area contributed by atoms with Crippen LogP contribution in [0, 0.1) is 17.8 Å². The predicted octanol–water partition coefficient (Wildman–Crippen LogP) is 2.29. The van der Waals surface area contributed by atoms with E-state index in [1.165, 1.54) is 6.07 Å².